The molecule has 0 radical (unpaired) electrons. The smallest absolute Gasteiger partial charge is 0.237 e. The highest BCUT2D eigenvalue weighted by Gasteiger charge is 2.21. The first-order chi connectivity index (χ1) is 8.66. The third-order valence-corrected chi connectivity index (χ3v) is 3.57. The zero-order valence-corrected chi connectivity index (χ0v) is 11.3. The van der Waals surface area contributed by atoms with Crippen LogP contribution in [0.25, 0.3) is 0 Å². The van der Waals surface area contributed by atoms with Crippen LogP contribution in [-0.4, -0.2) is 18.5 Å². The number of benzene rings is 1. The lowest BCUT2D eigenvalue weighted by molar-refractivity contribution is -0.124. The van der Waals surface area contributed by atoms with Crippen LogP contribution in [0, 0.1) is 0 Å². The summed E-state index contributed by atoms with van der Waals surface area (Å²) in [5, 5.41) is 6.98. The number of hydrogen-bond acceptors (Lipinski definition) is 2. The Morgan fingerprint density at radius 1 is 1.50 bits per heavy atom. The van der Waals surface area contributed by atoms with Gasteiger partial charge < -0.3 is 10.6 Å². The molecule has 1 aromatic carbocycles. The van der Waals surface area contributed by atoms with E-state index in [4.69, 9.17) is 11.6 Å². The van der Waals surface area contributed by atoms with Crippen molar-refractivity contribution in [3.8, 4) is 0 Å². The third kappa shape index (κ3) is 3.47. The Balaban J connectivity index is 1.94. The van der Waals surface area contributed by atoms with Gasteiger partial charge in [0.2, 0.25) is 5.91 Å². The number of carbonyl (C=O) groups is 1. The molecule has 1 aliphatic rings. The quantitative estimate of drug-likeness (QED) is 0.883. The average Bonchev–Trinajstić information content (AvgIpc) is 2.39. The Bertz CT molecular complexity index is 416. The zero-order chi connectivity index (χ0) is 13.0. The number of piperidine rings is 1. The molecule has 0 saturated carbocycles. The van der Waals surface area contributed by atoms with E-state index in [-0.39, 0.29) is 18.0 Å². The van der Waals surface area contributed by atoms with Crippen molar-refractivity contribution in [1.82, 2.24) is 10.6 Å². The van der Waals surface area contributed by atoms with Gasteiger partial charge in [0.1, 0.15) is 0 Å². The summed E-state index contributed by atoms with van der Waals surface area (Å²) in [5.41, 5.74) is 1.03. The lowest BCUT2D eigenvalue weighted by Crippen LogP contribution is -2.47. The molecule has 2 atom stereocenters. The van der Waals surface area contributed by atoms with E-state index >= 15 is 0 Å². The van der Waals surface area contributed by atoms with Crippen LogP contribution in [0.1, 0.15) is 37.8 Å². The number of rotatable bonds is 3. The molecular weight excluding hydrogens is 248 g/mol. The second-order valence-electron chi connectivity index (χ2n) is 4.79. The predicted octanol–water partition coefficient (Wildman–Crippen LogP) is 2.66. The Morgan fingerprint density at radius 3 is 3.00 bits per heavy atom. The number of carbonyl (C=O) groups excluding carboxylic acids is 1. The zero-order valence-electron chi connectivity index (χ0n) is 10.6. The normalized spacial score (nSPS) is 21.3. The van der Waals surface area contributed by atoms with Crippen LogP contribution in [0.15, 0.2) is 24.3 Å². The largest absolute Gasteiger partial charge is 0.348 e. The minimum Gasteiger partial charge on any atom is -0.348 e. The Labute approximate surface area is 113 Å². The molecule has 0 aromatic heterocycles. The molecule has 2 N–H and O–H groups in total. The van der Waals surface area contributed by atoms with Crippen molar-refractivity contribution >= 4 is 17.5 Å². The van der Waals surface area contributed by atoms with Crippen LogP contribution in [0.4, 0.5) is 0 Å². The van der Waals surface area contributed by atoms with E-state index in [1.54, 1.807) is 0 Å². The second-order valence-corrected chi connectivity index (χ2v) is 5.22. The van der Waals surface area contributed by atoms with Gasteiger partial charge in [0.25, 0.3) is 0 Å². The monoisotopic (exact) mass is 266 g/mol. The molecule has 1 heterocycles. The van der Waals surface area contributed by atoms with E-state index < -0.39 is 0 Å². The summed E-state index contributed by atoms with van der Waals surface area (Å²) in [4.78, 5) is 12.1. The van der Waals surface area contributed by atoms with Gasteiger partial charge in [-0.05, 0) is 44.0 Å². The number of nitrogens with one attached hydrogen (secondary N) is 2. The minimum atomic E-state index is -0.0413. The first-order valence-corrected chi connectivity index (χ1v) is 6.84. The van der Waals surface area contributed by atoms with Crippen molar-refractivity contribution in [2.45, 2.75) is 38.3 Å². The van der Waals surface area contributed by atoms with Gasteiger partial charge >= 0.3 is 0 Å². The maximum absolute atomic E-state index is 12.1. The fourth-order valence-corrected chi connectivity index (χ4v) is 2.45. The number of halogens is 1. The first kappa shape index (κ1) is 13.4. The van der Waals surface area contributed by atoms with Gasteiger partial charge in [-0.25, -0.2) is 0 Å². The maximum Gasteiger partial charge on any atom is 0.237 e. The van der Waals surface area contributed by atoms with Crippen molar-refractivity contribution in [1.29, 1.82) is 0 Å². The molecule has 1 saturated heterocycles. The SMILES string of the molecule is C[C@H](NC(=O)C1CCCCN1)c1cccc(Cl)c1. The van der Waals surface area contributed by atoms with E-state index in [1.807, 2.05) is 31.2 Å². The first-order valence-electron chi connectivity index (χ1n) is 6.46. The standard InChI is InChI=1S/C14H19ClN2O/c1-10(11-5-4-6-12(15)9-11)17-14(18)13-7-2-3-8-16-13/h4-6,9-10,13,16H,2-3,7-8H2,1H3,(H,17,18)/t10-,13?/m0/s1. The summed E-state index contributed by atoms with van der Waals surface area (Å²) < 4.78 is 0. The highest BCUT2D eigenvalue weighted by atomic mass is 35.5. The molecule has 0 spiro atoms. The highest BCUT2D eigenvalue weighted by Crippen LogP contribution is 2.18. The van der Waals surface area contributed by atoms with Crippen LogP contribution >= 0.6 is 11.6 Å². The molecule has 2 rings (SSSR count). The summed E-state index contributed by atoms with van der Waals surface area (Å²) in [7, 11) is 0. The molecule has 18 heavy (non-hydrogen) atoms. The van der Waals surface area contributed by atoms with Gasteiger partial charge in [0.05, 0.1) is 12.1 Å². The third-order valence-electron chi connectivity index (χ3n) is 3.33. The molecule has 3 nitrogen and oxygen atoms in total. The van der Waals surface area contributed by atoms with Crippen LogP contribution in [-0.2, 0) is 4.79 Å². The summed E-state index contributed by atoms with van der Waals surface area (Å²) >= 11 is 5.95. The Hall–Kier alpha value is -1.06. The number of amides is 1. The second kappa shape index (κ2) is 6.21. The average molecular weight is 267 g/mol. The lowest BCUT2D eigenvalue weighted by atomic mass is 10.0. The Kier molecular flexibility index (Phi) is 4.61. The highest BCUT2D eigenvalue weighted by molar-refractivity contribution is 6.30. The fraction of sp³-hybridized carbons (Fsp3) is 0.500. The van der Waals surface area contributed by atoms with Crippen LogP contribution in [0.3, 0.4) is 0 Å². The van der Waals surface area contributed by atoms with Crippen molar-refractivity contribution in [3.05, 3.63) is 34.9 Å². The molecule has 0 aliphatic carbocycles. The minimum absolute atomic E-state index is 0.0140. The van der Waals surface area contributed by atoms with E-state index in [1.165, 1.54) is 0 Å². The van der Waals surface area contributed by atoms with E-state index in [9.17, 15) is 4.79 Å². The summed E-state index contributed by atoms with van der Waals surface area (Å²) in [6, 6.07) is 7.55. The van der Waals surface area contributed by atoms with Crippen molar-refractivity contribution in [2.75, 3.05) is 6.54 Å². The number of hydrogen-bond donors (Lipinski definition) is 2. The van der Waals surface area contributed by atoms with Crippen LogP contribution in [0.5, 0.6) is 0 Å². The summed E-state index contributed by atoms with van der Waals surface area (Å²) in [6.45, 7) is 2.91. The molecule has 4 heteroatoms. The topological polar surface area (TPSA) is 41.1 Å². The molecule has 98 valence electrons. The van der Waals surface area contributed by atoms with Crippen molar-refractivity contribution in [2.24, 2.45) is 0 Å². The molecule has 1 aromatic rings. The molecular formula is C14H19ClN2O. The maximum atomic E-state index is 12.1. The van der Waals surface area contributed by atoms with E-state index in [0.29, 0.717) is 5.02 Å². The van der Waals surface area contributed by atoms with E-state index in [0.717, 1.165) is 31.4 Å². The van der Waals surface area contributed by atoms with Crippen molar-refractivity contribution < 1.29 is 4.79 Å². The predicted molar refractivity (Wildman–Crippen MR) is 73.7 cm³/mol. The van der Waals surface area contributed by atoms with Crippen molar-refractivity contribution in [3.63, 3.8) is 0 Å². The van der Waals surface area contributed by atoms with Gasteiger partial charge in [0.15, 0.2) is 0 Å². The molecule has 0 bridgehead atoms. The fourth-order valence-electron chi connectivity index (χ4n) is 2.25. The lowest BCUT2D eigenvalue weighted by Gasteiger charge is -2.24. The van der Waals surface area contributed by atoms with Gasteiger partial charge in [-0.1, -0.05) is 30.2 Å². The summed E-state index contributed by atoms with van der Waals surface area (Å²) in [5.74, 6) is 0.0853. The van der Waals surface area contributed by atoms with Crippen LogP contribution < -0.4 is 10.6 Å². The van der Waals surface area contributed by atoms with E-state index in [2.05, 4.69) is 10.6 Å². The molecule has 1 amide bonds. The van der Waals surface area contributed by atoms with Gasteiger partial charge in [-0.2, -0.15) is 0 Å². The molecule has 1 unspecified atom stereocenters. The molecule has 1 fully saturated rings. The van der Waals surface area contributed by atoms with Gasteiger partial charge in [-0.3, -0.25) is 4.79 Å². The van der Waals surface area contributed by atoms with Crippen LogP contribution in [0.2, 0.25) is 5.02 Å². The summed E-state index contributed by atoms with van der Waals surface area (Å²) in [6.07, 6.45) is 3.21. The Morgan fingerprint density at radius 2 is 2.33 bits per heavy atom. The van der Waals surface area contributed by atoms with Gasteiger partial charge in [-0.15, -0.1) is 0 Å². The molecule has 1 aliphatic heterocycles. The van der Waals surface area contributed by atoms with Gasteiger partial charge in [0, 0.05) is 5.02 Å².